The molecule has 2 aromatic carbocycles. The predicted molar refractivity (Wildman–Crippen MR) is 76.6 cm³/mol. The van der Waals surface area contributed by atoms with Crippen molar-refractivity contribution in [1.29, 1.82) is 0 Å². The molecule has 2 heteroatoms. The van der Waals surface area contributed by atoms with E-state index < -0.39 is 0 Å². The van der Waals surface area contributed by atoms with Gasteiger partial charge in [0.2, 0.25) is 0 Å². The van der Waals surface area contributed by atoms with Crippen LogP contribution >= 0.6 is 11.6 Å². The van der Waals surface area contributed by atoms with Gasteiger partial charge >= 0.3 is 0 Å². The molecule has 0 saturated heterocycles. The number of hydrogen-bond acceptors (Lipinski definition) is 1. The largest absolute Gasteiger partial charge is 0.497 e. The highest BCUT2D eigenvalue weighted by molar-refractivity contribution is 6.22. The van der Waals surface area contributed by atoms with E-state index in [-0.39, 0.29) is 5.38 Å². The fourth-order valence-electron chi connectivity index (χ4n) is 2.06. The molecule has 0 saturated carbocycles. The van der Waals surface area contributed by atoms with Crippen molar-refractivity contribution in [3.8, 4) is 5.75 Å². The van der Waals surface area contributed by atoms with Crippen LogP contribution in [0.3, 0.4) is 0 Å². The highest BCUT2D eigenvalue weighted by Gasteiger charge is 2.13. The summed E-state index contributed by atoms with van der Waals surface area (Å²) in [4.78, 5) is 0. The molecule has 1 unspecified atom stereocenters. The number of rotatable bonds is 3. The van der Waals surface area contributed by atoms with Crippen LogP contribution in [-0.2, 0) is 0 Å². The molecule has 94 valence electrons. The quantitative estimate of drug-likeness (QED) is 0.731. The first-order chi connectivity index (χ1) is 8.61. The lowest BCUT2D eigenvalue weighted by molar-refractivity contribution is 0.414. The van der Waals surface area contributed by atoms with Gasteiger partial charge in [0, 0.05) is 0 Å². The number of benzene rings is 2. The molecule has 0 amide bonds. The molecule has 2 rings (SSSR count). The van der Waals surface area contributed by atoms with E-state index in [9.17, 15) is 0 Å². The Morgan fingerprint density at radius 2 is 1.67 bits per heavy atom. The van der Waals surface area contributed by atoms with Gasteiger partial charge in [-0.2, -0.15) is 0 Å². The van der Waals surface area contributed by atoms with E-state index >= 15 is 0 Å². The maximum absolute atomic E-state index is 6.54. The summed E-state index contributed by atoms with van der Waals surface area (Å²) in [6.45, 7) is 4.19. The minimum Gasteiger partial charge on any atom is -0.497 e. The highest BCUT2D eigenvalue weighted by Crippen LogP contribution is 2.32. The molecule has 1 atom stereocenters. The highest BCUT2D eigenvalue weighted by atomic mass is 35.5. The molecule has 2 aromatic rings. The summed E-state index contributed by atoms with van der Waals surface area (Å²) in [5.41, 5.74) is 4.73. The van der Waals surface area contributed by atoms with Crippen molar-refractivity contribution in [1.82, 2.24) is 0 Å². The number of aryl methyl sites for hydroxylation is 2. The summed E-state index contributed by atoms with van der Waals surface area (Å²) in [7, 11) is 1.66. The predicted octanol–water partition coefficient (Wildman–Crippen LogP) is 4.64. The van der Waals surface area contributed by atoms with Crippen LogP contribution < -0.4 is 4.74 Å². The molecule has 0 N–H and O–H groups in total. The zero-order chi connectivity index (χ0) is 13.1. The van der Waals surface area contributed by atoms with E-state index in [4.69, 9.17) is 16.3 Å². The van der Waals surface area contributed by atoms with Gasteiger partial charge in [0.1, 0.15) is 5.75 Å². The van der Waals surface area contributed by atoms with Crippen molar-refractivity contribution in [3.63, 3.8) is 0 Å². The number of ether oxygens (including phenoxy) is 1. The van der Waals surface area contributed by atoms with E-state index in [2.05, 4.69) is 32.0 Å². The van der Waals surface area contributed by atoms with Gasteiger partial charge in [-0.25, -0.2) is 0 Å². The van der Waals surface area contributed by atoms with Gasteiger partial charge in [-0.15, -0.1) is 11.6 Å². The minimum atomic E-state index is -0.114. The van der Waals surface area contributed by atoms with E-state index in [1.807, 2.05) is 24.3 Å². The first-order valence-corrected chi connectivity index (χ1v) is 6.40. The fraction of sp³-hybridized carbons (Fsp3) is 0.250. The summed E-state index contributed by atoms with van der Waals surface area (Å²) in [5, 5.41) is -0.114. The van der Waals surface area contributed by atoms with Crippen molar-refractivity contribution in [2.75, 3.05) is 7.11 Å². The molecule has 0 aliphatic heterocycles. The van der Waals surface area contributed by atoms with Gasteiger partial charge in [-0.1, -0.05) is 35.9 Å². The Bertz CT molecular complexity index is 531. The first kappa shape index (κ1) is 13.0. The molecule has 1 nitrogen and oxygen atoms in total. The average Bonchev–Trinajstić information content (AvgIpc) is 2.38. The Balaban J connectivity index is 2.31. The molecule has 0 spiro atoms. The van der Waals surface area contributed by atoms with Crippen LogP contribution in [0.25, 0.3) is 0 Å². The Morgan fingerprint density at radius 3 is 2.22 bits per heavy atom. The first-order valence-electron chi connectivity index (χ1n) is 5.97. The molecule has 0 aromatic heterocycles. The monoisotopic (exact) mass is 260 g/mol. The zero-order valence-corrected chi connectivity index (χ0v) is 11.7. The summed E-state index contributed by atoms with van der Waals surface area (Å²) < 4.78 is 5.15. The van der Waals surface area contributed by atoms with Crippen molar-refractivity contribution in [2.24, 2.45) is 0 Å². The SMILES string of the molecule is COc1ccc(C(Cl)c2ccc(C)cc2C)cc1. The number of hydrogen-bond donors (Lipinski definition) is 0. The second-order valence-electron chi connectivity index (χ2n) is 4.50. The summed E-state index contributed by atoms with van der Waals surface area (Å²) >= 11 is 6.54. The van der Waals surface area contributed by atoms with E-state index in [1.165, 1.54) is 11.1 Å². The molecule has 0 bridgehead atoms. The molecule has 0 heterocycles. The maximum Gasteiger partial charge on any atom is 0.118 e. The second-order valence-corrected chi connectivity index (χ2v) is 4.93. The normalized spacial score (nSPS) is 12.2. The summed E-state index contributed by atoms with van der Waals surface area (Å²) in [6.07, 6.45) is 0. The molecular formula is C16H17ClO. The van der Waals surface area contributed by atoms with Gasteiger partial charge in [-0.3, -0.25) is 0 Å². The van der Waals surface area contributed by atoms with Crippen molar-refractivity contribution >= 4 is 11.6 Å². The van der Waals surface area contributed by atoms with Crippen molar-refractivity contribution in [2.45, 2.75) is 19.2 Å². The van der Waals surface area contributed by atoms with Crippen LogP contribution in [0, 0.1) is 13.8 Å². The van der Waals surface area contributed by atoms with Gasteiger partial charge in [0.25, 0.3) is 0 Å². The third-order valence-electron chi connectivity index (χ3n) is 3.11. The Labute approximate surface area is 113 Å². The fourth-order valence-corrected chi connectivity index (χ4v) is 2.45. The smallest absolute Gasteiger partial charge is 0.118 e. The molecule has 0 aliphatic rings. The van der Waals surface area contributed by atoms with E-state index in [0.717, 1.165) is 16.9 Å². The van der Waals surface area contributed by atoms with E-state index in [1.54, 1.807) is 7.11 Å². The molecular weight excluding hydrogens is 244 g/mol. The van der Waals surface area contributed by atoms with Crippen LogP contribution in [0.2, 0.25) is 0 Å². The molecule has 0 fully saturated rings. The lowest BCUT2D eigenvalue weighted by Gasteiger charge is -2.14. The Kier molecular flexibility index (Phi) is 3.93. The van der Waals surface area contributed by atoms with Crippen LogP contribution in [0.15, 0.2) is 42.5 Å². The Hall–Kier alpha value is -1.47. The van der Waals surface area contributed by atoms with Gasteiger partial charge in [0.15, 0.2) is 0 Å². The maximum atomic E-state index is 6.54. The topological polar surface area (TPSA) is 9.23 Å². The number of methoxy groups -OCH3 is 1. The molecule has 0 radical (unpaired) electrons. The number of halogens is 1. The third-order valence-corrected chi connectivity index (χ3v) is 3.59. The summed E-state index contributed by atoms with van der Waals surface area (Å²) in [6, 6.07) is 14.3. The average molecular weight is 261 g/mol. The number of alkyl halides is 1. The minimum absolute atomic E-state index is 0.114. The molecule has 18 heavy (non-hydrogen) atoms. The van der Waals surface area contributed by atoms with Gasteiger partial charge in [0.05, 0.1) is 12.5 Å². The Morgan fingerprint density at radius 1 is 1.00 bits per heavy atom. The lowest BCUT2D eigenvalue weighted by atomic mass is 9.98. The van der Waals surface area contributed by atoms with Crippen LogP contribution in [0.5, 0.6) is 5.75 Å². The molecule has 0 aliphatic carbocycles. The van der Waals surface area contributed by atoms with Gasteiger partial charge < -0.3 is 4.74 Å². The van der Waals surface area contributed by atoms with Gasteiger partial charge in [-0.05, 0) is 42.7 Å². The van der Waals surface area contributed by atoms with Crippen molar-refractivity contribution in [3.05, 3.63) is 64.7 Å². The van der Waals surface area contributed by atoms with Crippen molar-refractivity contribution < 1.29 is 4.74 Å². The zero-order valence-electron chi connectivity index (χ0n) is 10.9. The van der Waals surface area contributed by atoms with Crippen LogP contribution in [0.1, 0.15) is 27.6 Å². The third kappa shape index (κ3) is 2.68. The lowest BCUT2D eigenvalue weighted by Crippen LogP contribution is -1.97. The van der Waals surface area contributed by atoms with E-state index in [0.29, 0.717) is 0 Å². The summed E-state index contributed by atoms with van der Waals surface area (Å²) in [5.74, 6) is 0.850. The van der Waals surface area contributed by atoms with Crippen LogP contribution in [-0.4, -0.2) is 7.11 Å². The standard InChI is InChI=1S/C16H17ClO/c1-11-4-9-15(12(2)10-11)16(17)13-5-7-14(18-3)8-6-13/h4-10,16H,1-3H3. The second kappa shape index (κ2) is 5.45. The van der Waals surface area contributed by atoms with Crippen LogP contribution in [0.4, 0.5) is 0 Å².